The van der Waals surface area contributed by atoms with Gasteiger partial charge in [-0.1, -0.05) is 12.3 Å². The number of halogens is 1. The van der Waals surface area contributed by atoms with Crippen LogP contribution >= 0.6 is 15.9 Å². The van der Waals surface area contributed by atoms with Crippen LogP contribution in [0.25, 0.3) is 0 Å². The Morgan fingerprint density at radius 3 is 2.70 bits per heavy atom. The number of hydrogen-bond acceptors (Lipinski definition) is 1. The van der Waals surface area contributed by atoms with Crippen LogP contribution in [0.1, 0.15) is 5.56 Å². The van der Waals surface area contributed by atoms with Crippen molar-refractivity contribution < 1.29 is 0 Å². The van der Waals surface area contributed by atoms with Crippen LogP contribution in [0, 0.1) is 6.92 Å². The molecule has 3 heteroatoms. The van der Waals surface area contributed by atoms with E-state index in [1.165, 1.54) is 11.0 Å². The molecule has 0 amide bonds. The molecule has 0 aliphatic rings. The van der Waals surface area contributed by atoms with Gasteiger partial charge in [0.15, 0.2) is 7.28 Å². The lowest BCUT2D eigenvalue weighted by Crippen LogP contribution is -2.15. The van der Waals surface area contributed by atoms with Crippen molar-refractivity contribution >= 4 is 28.7 Å². The molecule has 0 aliphatic carbocycles. The molecule has 0 atom stereocenters. The highest BCUT2D eigenvalue weighted by Gasteiger charge is 1.99. The van der Waals surface area contributed by atoms with Crippen molar-refractivity contribution in [2.75, 3.05) is 0 Å². The van der Waals surface area contributed by atoms with E-state index < -0.39 is 0 Å². The number of hydrogen-bond donors (Lipinski definition) is 0. The summed E-state index contributed by atoms with van der Waals surface area (Å²) in [6, 6.07) is 0. The number of rotatable bonds is 1. The average Bonchev–Trinajstić information content (AvgIpc) is 1.95. The Morgan fingerprint density at radius 1 is 1.50 bits per heavy atom. The number of nitrogens with zero attached hydrogens (tertiary/aromatic N) is 1. The minimum Gasteiger partial charge on any atom is -0.264 e. The zero-order valence-corrected chi connectivity index (χ0v) is 7.77. The molecule has 0 unspecified atom stereocenters. The molecule has 0 spiro atoms. The number of pyridine rings is 1. The Hall–Kier alpha value is -0.305. The fourth-order valence-electron chi connectivity index (χ4n) is 0.896. The highest BCUT2D eigenvalue weighted by Crippen LogP contribution is 2.10. The Bertz CT molecular complexity index is 237. The Balaban J connectivity index is 3.14. The molecule has 52 valence electrons. The zero-order chi connectivity index (χ0) is 7.56. The predicted molar refractivity (Wildman–Crippen MR) is 49.3 cm³/mol. The van der Waals surface area contributed by atoms with Crippen molar-refractivity contribution in [3.05, 3.63) is 22.4 Å². The molecular weight excluding hydrogens is 189 g/mol. The normalized spacial score (nSPS) is 9.50. The van der Waals surface area contributed by atoms with Crippen molar-refractivity contribution in [1.82, 2.24) is 4.98 Å². The van der Waals surface area contributed by atoms with Crippen LogP contribution in [0.5, 0.6) is 0 Å². The largest absolute Gasteiger partial charge is 0.264 e. The maximum absolute atomic E-state index is 4.07. The lowest BCUT2D eigenvalue weighted by atomic mass is 9.72. The summed E-state index contributed by atoms with van der Waals surface area (Å²) in [6.07, 6.45) is 3.74. The number of aromatic nitrogens is 1. The third kappa shape index (κ3) is 1.40. The predicted octanol–water partition coefficient (Wildman–Crippen LogP) is 1.26. The van der Waals surface area contributed by atoms with Gasteiger partial charge in [0.05, 0.1) is 0 Å². The third-order valence-corrected chi connectivity index (χ3v) is 2.44. The van der Waals surface area contributed by atoms with Gasteiger partial charge in [-0.3, -0.25) is 4.98 Å². The molecule has 0 saturated carbocycles. The van der Waals surface area contributed by atoms with E-state index in [4.69, 9.17) is 0 Å². The summed E-state index contributed by atoms with van der Waals surface area (Å²) in [5.41, 5.74) is 2.62. The van der Waals surface area contributed by atoms with Gasteiger partial charge >= 0.3 is 0 Å². The van der Waals surface area contributed by atoms with Crippen molar-refractivity contribution in [1.29, 1.82) is 0 Å². The van der Waals surface area contributed by atoms with Crippen LogP contribution in [-0.4, -0.2) is 12.3 Å². The zero-order valence-electron chi connectivity index (χ0n) is 6.19. The van der Waals surface area contributed by atoms with E-state index in [0.29, 0.717) is 0 Å². The third-order valence-electron chi connectivity index (χ3n) is 1.64. The van der Waals surface area contributed by atoms with Gasteiger partial charge in [-0.15, -0.1) is 0 Å². The second-order valence-corrected chi connectivity index (χ2v) is 3.11. The summed E-state index contributed by atoms with van der Waals surface area (Å²) in [7, 11) is 1.05. The Morgan fingerprint density at radius 2 is 2.20 bits per heavy atom. The molecule has 0 fully saturated rings. The van der Waals surface area contributed by atoms with Gasteiger partial charge in [0.2, 0.25) is 0 Å². The first-order chi connectivity index (χ1) is 4.75. The fourth-order valence-corrected chi connectivity index (χ4v) is 1.27. The van der Waals surface area contributed by atoms with Crippen LogP contribution < -0.4 is 5.46 Å². The molecule has 1 aromatic heterocycles. The van der Waals surface area contributed by atoms with Gasteiger partial charge < -0.3 is 0 Å². The lowest BCUT2D eigenvalue weighted by Gasteiger charge is -2.01. The van der Waals surface area contributed by atoms with Crippen molar-refractivity contribution in [3.63, 3.8) is 0 Å². The van der Waals surface area contributed by atoms with Crippen molar-refractivity contribution in [3.8, 4) is 0 Å². The topological polar surface area (TPSA) is 12.9 Å². The van der Waals surface area contributed by atoms with E-state index in [1.807, 2.05) is 12.4 Å². The van der Waals surface area contributed by atoms with E-state index in [1.54, 1.807) is 0 Å². The minimum absolute atomic E-state index is 1.05. The van der Waals surface area contributed by atoms with Gasteiger partial charge in [0.1, 0.15) is 0 Å². The highest BCUT2D eigenvalue weighted by molar-refractivity contribution is 9.10. The standard InChI is InChI=1S/C7H9BBrN/c1-5-6(8-2)3-10-4-7(5)9/h3-4,8H,1-2H3. The second kappa shape index (κ2) is 3.19. The molecule has 0 bridgehead atoms. The highest BCUT2D eigenvalue weighted by atomic mass is 79.9. The van der Waals surface area contributed by atoms with Crippen LogP contribution in [-0.2, 0) is 0 Å². The summed E-state index contributed by atoms with van der Waals surface area (Å²) in [5.74, 6) is 0. The molecule has 0 radical (unpaired) electrons. The SMILES string of the molecule is CBc1cncc(Br)c1C. The Labute approximate surface area is 70.2 Å². The summed E-state index contributed by atoms with van der Waals surface area (Å²) >= 11 is 3.42. The van der Waals surface area contributed by atoms with E-state index >= 15 is 0 Å². The molecule has 10 heavy (non-hydrogen) atoms. The summed E-state index contributed by atoms with van der Waals surface area (Å²) < 4.78 is 1.10. The van der Waals surface area contributed by atoms with E-state index in [9.17, 15) is 0 Å². The molecule has 0 N–H and O–H groups in total. The minimum atomic E-state index is 1.05. The van der Waals surface area contributed by atoms with Crippen LogP contribution in [0.15, 0.2) is 16.9 Å². The van der Waals surface area contributed by atoms with Crippen LogP contribution in [0.4, 0.5) is 0 Å². The van der Waals surface area contributed by atoms with Crippen molar-refractivity contribution in [2.45, 2.75) is 13.7 Å². The molecule has 0 aromatic carbocycles. The van der Waals surface area contributed by atoms with Gasteiger partial charge in [-0.25, -0.2) is 0 Å². The van der Waals surface area contributed by atoms with E-state index in [-0.39, 0.29) is 0 Å². The lowest BCUT2D eigenvalue weighted by molar-refractivity contribution is 1.29. The first kappa shape index (κ1) is 7.80. The summed E-state index contributed by atoms with van der Waals surface area (Å²) in [6.45, 7) is 4.24. The molecule has 0 aliphatic heterocycles. The van der Waals surface area contributed by atoms with Gasteiger partial charge in [-0.2, -0.15) is 0 Å². The molecule has 1 aromatic rings. The van der Waals surface area contributed by atoms with Crippen LogP contribution in [0.2, 0.25) is 6.82 Å². The van der Waals surface area contributed by atoms with Gasteiger partial charge in [0, 0.05) is 16.9 Å². The molecular formula is C7H9BBrN. The monoisotopic (exact) mass is 197 g/mol. The second-order valence-electron chi connectivity index (χ2n) is 2.26. The van der Waals surface area contributed by atoms with E-state index in [2.05, 4.69) is 34.7 Å². The maximum Gasteiger partial charge on any atom is 0.157 e. The van der Waals surface area contributed by atoms with E-state index in [0.717, 1.165) is 11.8 Å². The first-order valence-corrected chi connectivity index (χ1v) is 4.14. The maximum atomic E-state index is 4.07. The average molecular weight is 198 g/mol. The van der Waals surface area contributed by atoms with Crippen molar-refractivity contribution in [2.24, 2.45) is 0 Å². The molecule has 1 rings (SSSR count). The van der Waals surface area contributed by atoms with Crippen LogP contribution in [0.3, 0.4) is 0 Å². The first-order valence-electron chi connectivity index (χ1n) is 3.34. The summed E-state index contributed by atoms with van der Waals surface area (Å²) in [4.78, 5) is 4.07. The molecule has 0 saturated heterocycles. The molecule has 1 heterocycles. The summed E-state index contributed by atoms with van der Waals surface area (Å²) in [5, 5.41) is 0. The quantitative estimate of drug-likeness (QED) is 0.619. The van der Waals surface area contributed by atoms with Gasteiger partial charge in [-0.05, 0) is 28.4 Å². The smallest absolute Gasteiger partial charge is 0.157 e. The fraction of sp³-hybridized carbons (Fsp3) is 0.286. The van der Waals surface area contributed by atoms with Gasteiger partial charge in [0.25, 0.3) is 0 Å². The Kier molecular flexibility index (Phi) is 2.49. The molecule has 1 nitrogen and oxygen atoms in total.